The van der Waals surface area contributed by atoms with Crippen LogP contribution in [-0.4, -0.2) is 21.7 Å². The Hall–Kier alpha value is -3.12. The van der Waals surface area contributed by atoms with Gasteiger partial charge >= 0.3 is 0 Å². The molecule has 1 amide bonds. The summed E-state index contributed by atoms with van der Waals surface area (Å²) < 4.78 is 6.34. The van der Waals surface area contributed by atoms with Gasteiger partial charge in [-0.3, -0.25) is 9.59 Å². The summed E-state index contributed by atoms with van der Waals surface area (Å²) in [6.07, 6.45) is 0. The highest BCUT2D eigenvalue weighted by Crippen LogP contribution is 2.40. The van der Waals surface area contributed by atoms with Crippen molar-refractivity contribution in [2.24, 2.45) is 0 Å². The van der Waals surface area contributed by atoms with Crippen molar-refractivity contribution in [3.05, 3.63) is 105 Å². The molecular formula is C23H18BrNO4. The van der Waals surface area contributed by atoms with E-state index in [1.54, 1.807) is 19.1 Å². The van der Waals surface area contributed by atoms with Crippen LogP contribution in [0.25, 0.3) is 0 Å². The fourth-order valence-electron chi connectivity index (χ4n) is 3.51. The summed E-state index contributed by atoms with van der Waals surface area (Å²) in [6, 6.07) is 19.3. The molecule has 4 rings (SSSR count). The number of carbonyl (C=O) groups excluding carboxylic acids is 2. The van der Waals surface area contributed by atoms with Crippen molar-refractivity contribution in [1.82, 2.24) is 4.90 Å². The van der Waals surface area contributed by atoms with E-state index < -0.39 is 23.5 Å². The van der Waals surface area contributed by atoms with E-state index in [9.17, 15) is 14.7 Å². The van der Waals surface area contributed by atoms with Gasteiger partial charge in [0.1, 0.15) is 5.76 Å². The second kappa shape index (κ2) is 7.72. The zero-order valence-electron chi connectivity index (χ0n) is 15.6. The fourth-order valence-corrected chi connectivity index (χ4v) is 3.77. The van der Waals surface area contributed by atoms with E-state index >= 15 is 0 Å². The molecule has 0 spiro atoms. The molecule has 1 aliphatic rings. The molecule has 1 aliphatic heterocycles. The molecule has 5 nitrogen and oxygen atoms in total. The number of furan rings is 1. The first-order valence-corrected chi connectivity index (χ1v) is 9.89. The van der Waals surface area contributed by atoms with Crippen LogP contribution in [0.4, 0.5) is 0 Å². The average molecular weight is 452 g/mol. The lowest BCUT2D eigenvalue weighted by molar-refractivity contribution is -0.130. The third-order valence-corrected chi connectivity index (χ3v) is 5.42. The molecule has 2 heterocycles. The predicted molar refractivity (Wildman–Crippen MR) is 111 cm³/mol. The molecule has 1 aromatic heterocycles. The Bertz CT molecular complexity index is 1100. The van der Waals surface area contributed by atoms with Crippen molar-refractivity contribution in [2.45, 2.75) is 19.5 Å². The lowest BCUT2D eigenvalue weighted by Crippen LogP contribution is -2.30. The Balaban J connectivity index is 1.79. The second-order valence-electron chi connectivity index (χ2n) is 6.87. The van der Waals surface area contributed by atoms with Crippen LogP contribution in [0.2, 0.25) is 0 Å². The van der Waals surface area contributed by atoms with Crippen LogP contribution in [0.3, 0.4) is 0 Å². The molecule has 2 aromatic carbocycles. The molecule has 0 saturated heterocycles. The number of benzene rings is 2. The molecule has 0 radical (unpaired) electrons. The van der Waals surface area contributed by atoms with Crippen molar-refractivity contribution >= 4 is 27.6 Å². The van der Waals surface area contributed by atoms with E-state index in [-0.39, 0.29) is 17.9 Å². The van der Waals surface area contributed by atoms with Crippen molar-refractivity contribution in [3.8, 4) is 0 Å². The minimum absolute atomic E-state index is 0.0302. The van der Waals surface area contributed by atoms with Gasteiger partial charge in [-0.1, -0.05) is 58.4 Å². The van der Waals surface area contributed by atoms with Crippen molar-refractivity contribution < 1.29 is 19.1 Å². The summed E-state index contributed by atoms with van der Waals surface area (Å²) in [7, 11) is 0. The smallest absolute Gasteiger partial charge is 0.290 e. The first-order valence-electron chi connectivity index (χ1n) is 9.10. The number of Topliss-reactive ketones (excluding diaryl/α,β-unsaturated/α-hetero) is 1. The fraction of sp³-hybridized carbons (Fsp3) is 0.130. The summed E-state index contributed by atoms with van der Waals surface area (Å²) >= 11 is 3.41. The van der Waals surface area contributed by atoms with Crippen LogP contribution in [0.15, 0.2) is 87.0 Å². The molecule has 1 N–H and O–H groups in total. The summed E-state index contributed by atoms with van der Waals surface area (Å²) in [6.45, 7) is 2.00. The molecule has 0 aliphatic carbocycles. The number of amides is 1. The minimum atomic E-state index is -0.714. The molecular weight excluding hydrogens is 434 g/mol. The van der Waals surface area contributed by atoms with E-state index in [0.717, 1.165) is 15.6 Å². The summed E-state index contributed by atoms with van der Waals surface area (Å²) in [5, 5.41) is 10.6. The number of hydrogen-bond acceptors (Lipinski definition) is 4. The maximum Gasteiger partial charge on any atom is 0.290 e. The van der Waals surface area contributed by atoms with E-state index in [2.05, 4.69) is 15.9 Å². The number of hydrogen-bond donors (Lipinski definition) is 1. The third-order valence-electron chi connectivity index (χ3n) is 4.89. The highest BCUT2D eigenvalue weighted by molar-refractivity contribution is 9.10. The first-order chi connectivity index (χ1) is 14.0. The van der Waals surface area contributed by atoms with E-state index in [0.29, 0.717) is 5.76 Å². The zero-order valence-corrected chi connectivity index (χ0v) is 17.2. The monoisotopic (exact) mass is 451 g/mol. The number of halogens is 1. The van der Waals surface area contributed by atoms with E-state index in [1.807, 2.05) is 54.6 Å². The van der Waals surface area contributed by atoms with Gasteiger partial charge in [-0.15, -0.1) is 0 Å². The molecule has 1 atom stereocenters. The molecule has 0 fully saturated rings. The Morgan fingerprint density at radius 3 is 2.38 bits per heavy atom. The summed E-state index contributed by atoms with van der Waals surface area (Å²) in [5.41, 5.74) is 1.66. The zero-order chi connectivity index (χ0) is 20.5. The SMILES string of the molecule is Cc1ccc(C(=O)C2=C(O)C(=O)N(Cc3ccccc3)C2c2ccc(Br)cc2)o1. The topological polar surface area (TPSA) is 70.8 Å². The maximum absolute atomic E-state index is 13.2. The Labute approximate surface area is 176 Å². The van der Waals surface area contributed by atoms with E-state index in [4.69, 9.17) is 4.42 Å². The molecule has 1 unspecified atom stereocenters. The molecule has 0 bridgehead atoms. The van der Waals surface area contributed by atoms with Gasteiger partial charge in [0.05, 0.1) is 11.6 Å². The van der Waals surface area contributed by atoms with Crippen LogP contribution in [0.1, 0.15) is 33.5 Å². The molecule has 3 aromatic rings. The van der Waals surface area contributed by atoms with Gasteiger partial charge in [0.15, 0.2) is 11.5 Å². The highest BCUT2D eigenvalue weighted by atomic mass is 79.9. The van der Waals surface area contributed by atoms with Crippen molar-refractivity contribution in [3.63, 3.8) is 0 Å². The number of aliphatic hydroxyl groups excluding tert-OH is 1. The number of ketones is 1. The number of nitrogens with zero attached hydrogens (tertiary/aromatic N) is 1. The van der Waals surface area contributed by atoms with Gasteiger partial charge in [0.2, 0.25) is 5.78 Å². The van der Waals surface area contributed by atoms with Gasteiger partial charge in [0, 0.05) is 11.0 Å². The largest absolute Gasteiger partial charge is 0.503 e. The van der Waals surface area contributed by atoms with Crippen LogP contribution in [-0.2, 0) is 11.3 Å². The van der Waals surface area contributed by atoms with Gasteiger partial charge in [-0.25, -0.2) is 0 Å². The number of aryl methyl sites for hydroxylation is 1. The highest BCUT2D eigenvalue weighted by Gasteiger charge is 2.44. The van der Waals surface area contributed by atoms with Crippen LogP contribution in [0.5, 0.6) is 0 Å². The van der Waals surface area contributed by atoms with Crippen molar-refractivity contribution in [1.29, 1.82) is 0 Å². The van der Waals surface area contributed by atoms with Gasteiger partial charge in [0.25, 0.3) is 5.91 Å². The predicted octanol–water partition coefficient (Wildman–Crippen LogP) is 5.13. The van der Waals surface area contributed by atoms with E-state index in [1.165, 1.54) is 4.90 Å². The van der Waals surface area contributed by atoms with Gasteiger partial charge in [-0.2, -0.15) is 0 Å². The normalized spacial score (nSPS) is 16.6. The Kier molecular flexibility index (Phi) is 5.11. The summed E-state index contributed by atoms with van der Waals surface area (Å²) in [5.74, 6) is -0.923. The average Bonchev–Trinajstić information content (AvgIpc) is 3.26. The molecule has 146 valence electrons. The standard InChI is InChI=1S/C23H18BrNO4/c1-14-7-12-18(29-14)21(26)19-20(16-8-10-17(24)11-9-16)25(23(28)22(19)27)13-15-5-3-2-4-6-15/h2-12,20,27H,13H2,1H3. The third kappa shape index (κ3) is 3.63. The van der Waals surface area contributed by atoms with Gasteiger partial charge in [-0.05, 0) is 42.3 Å². The number of rotatable bonds is 5. The first kappa shape index (κ1) is 19.2. The number of carbonyl (C=O) groups is 2. The van der Waals surface area contributed by atoms with Crippen LogP contribution < -0.4 is 0 Å². The Morgan fingerprint density at radius 1 is 1.07 bits per heavy atom. The van der Waals surface area contributed by atoms with Crippen molar-refractivity contribution in [2.75, 3.05) is 0 Å². The minimum Gasteiger partial charge on any atom is -0.503 e. The molecule has 0 saturated carbocycles. The van der Waals surface area contributed by atoms with Crippen LogP contribution >= 0.6 is 15.9 Å². The molecule has 29 heavy (non-hydrogen) atoms. The van der Waals surface area contributed by atoms with Crippen LogP contribution in [0, 0.1) is 6.92 Å². The lowest BCUT2D eigenvalue weighted by atomic mass is 9.95. The quantitative estimate of drug-likeness (QED) is 0.545. The maximum atomic E-state index is 13.2. The summed E-state index contributed by atoms with van der Waals surface area (Å²) in [4.78, 5) is 27.6. The lowest BCUT2D eigenvalue weighted by Gasteiger charge is -2.27. The molecule has 6 heteroatoms. The Morgan fingerprint density at radius 2 is 1.76 bits per heavy atom. The number of aliphatic hydroxyl groups is 1. The second-order valence-corrected chi connectivity index (χ2v) is 7.79. The van der Waals surface area contributed by atoms with Gasteiger partial charge < -0.3 is 14.4 Å².